The first-order valence-corrected chi connectivity index (χ1v) is 7.84. The van der Waals surface area contributed by atoms with Crippen LogP contribution in [0.15, 0.2) is 44.0 Å². The zero-order valence-electron chi connectivity index (χ0n) is 12.3. The molecule has 0 N–H and O–H groups in total. The van der Waals surface area contributed by atoms with E-state index in [0.717, 1.165) is 27.7 Å². The fourth-order valence-corrected chi connectivity index (χ4v) is 2.65. The lowest BCUT2D eigenvalue weighted by Gasteiger charge is -2.04. The molecule has 0 amide bonds. The van der Waals surface area contributed by atoms with E-state index in [-0.39, 0.29) is 0 Å². The van der Waals surface area contributed by atoms with Crippen LogP contribution in [-0.4, -0.2) is 16.6 Å². The zero-order valence-corrected chi connectivity index (χ0v) is 13.9. The highest BCUT2D eigenvalue weighted by Crippen LogP contribution is 2.36. The highest BCUT2D eigenvalue weighted by Gasteiger charge is 2.17. The number of benzene rings is 1. The molecule has 3 aromatic rings. The molecular weight excluding hydrogens is 348 g/mol. The van der Waals surface area contributed by atoms with Crippen LogP contribution in [-0.2, 0) is 6.42 Å². The van der Waals surface area contributed by atoms with E-state index in [1.54, 1.807) is 12.5 Å². The van der Waals surface area contributed by atoms with Crippen molar-refractivity contribution in [1.29, 1.82) is 0 Å². The first-order chi connectivity index (χ1) is 10.7. The maximum absolute atomic E-state index is 5.59. The van der Waals surface area contributed by atoms with E-state index in [2.05, 4.69) is 25.9 Å². The largest absolute Gasteiger partial charge is 0.464 e. The summed E-state index contributed by atoms with van der Waals surface area (Å²) in [5, 5.41) is 0. The monoisotopic (exact) mass is 362 g/mol. The molecule has 0 saturated carbocycles. The second-order valence-corrected chi connectivity index (χ2v) is 5.38. The third-order valence-electron chi connectivity index (χ3n) is 3.14. The van der Waals surface area contributed by atoms with Gasteiger partial charge in [-0.2, -0.15) is 0 Å². The molecule has 6 heteroatoms. The third-order valence-corrected chi connectivity index (χ3v) is 4.00. The molecule has 2 aromatic heterocycles. The first-order valence-electron chi connectivity index (χ1n) is 7.05. The van der Waals surface area contributed by atoms with Gasteiger partial charge in [0.15, 0.2) is 0 Å². The summed E-state index contributed by atoms with van der Waals surface area (Å²) in [4.78, 5) is 8.71. The van der Waals surface area contributed by atoms with Crippen molar-refractivity contribution in [1.82, 2.24) is 9.97 Å². The van der Waals surface area contributed by atoms with Gasteiger partial charge in [-0.15, -0.1) is 0 Å². The molecule has 0 aliphatic rings. The first kappa shape index (κ1) is 14.8. The summed E-state index contributed by atoms with van der Waals surface area (Å²) < 4.78 is 17.3. The summed E-state index contributed by atoms with van der Waals surface area (Å²) in [6.07, 6.45) is 4.07. The number of aryl methyl sites for hydroxylation is 1. The van der Waals surface area contributed by atoms with E-state index < -0.39 is 0 Å². The summed E-state index contributed by atoms with van der Waals surface area (Å²) in [5.74, 6) is 1.46. The minimum atomic E-state index is 0.402. The Morgan fingerprint density at radius 3 is 2.64 bits per heavy atom. The van der Waals surface area contributed by atoms with Crippen LogP contribution in [0.5, 0.6) is 5.95 Å². The van der Waals surface area contributed by atoms with Crippen LogP contribution in [0.3, 0.4) is 0 Å². The van der Waals surface area contributed by atoms with Gasteiger partial charge in [-0.25, -0.2) is 9.97 Å². The lowest BCUT2D eigenvalue weighted by Crippen LogP contribution is -1.88. The molecule has 0 bridgehead atoms. The second kappa shape index (κ2) is 6.36. The molecule has 0 radical (unpaired) electrons. The summed E-state index contributed by atoms with van der Waals surface area (Å²) >= 11 is 3.59. The summed E-state index contributed by atoms with van der Waals surface area (Å²) in [7, 11) is 0. The minimum absolute atomic E-state index is 0.402. The van der Waals surface area contributed by atoms with Gasteiger partial charge in [0.25, 0.3) is 0 Å². The van der Waals surface area contributed by atoms with Crippen molar-refractivity contribution in [2.75, 3.05) is 6.61 Å². The highest BCUT2D eigenvalue weighted by atomic mass is 79.9. The number of halogens is 1. The van der Waals surface area contributed by atoms with Crippen molar-refractivity contribution in [3.05, 3.63) is 40.8 Å². The molecule has 5 nitrogen and oxygen atoms in total. The zero-order chi connectivity index (χ0) is 15.5. The maximum atomic E-state index is 5.59. The molecule has 3 rings (SSSR count). The Hall–Kier alpha value is -2.08. The van der Waals surface area contributed by atoms with Crippen LogP contribution in [0.1, 0.15) is 19.5 Å². The van der Waals surface area contributed by atoms with Crippen LogP contribution in [0.2, 0.25) is 0 Å². The molecular formula is C16H15BrN2O3. The Morgan fingerprint density at radius 2 is 1.95 bits per heavy atom. The van der Waals surface area contributed by atoms with Gasteiger partial charge in [-0.3, -0.25) is 0 Å². The summed E-state index contributed by atoms with van der Waals surface area (Å²) in [6.45, 7) is 4.47. The Kier molecular flexibility index (Phi) is 4.29. The van der Waals surface area contributed by atoms with Gasteiger partial charge in [0.05, 0.1) is 23.4 Å². The van der Waals surface area contributed by atoms with E-state index in [4.69, 9.17) is 13.6 Å². The van der Waals surface area contributed by atoms with Gasteiger partial charge in [0.2, 0.25) is 11.8 Å². The average Bonchev–Trinajstić information content (AvgIpc) is 3.17. The van der Waals surface area contributed by atoms with E-state index in [1.165, 1.54) is 0 Å². The molecule has 0 unspecified atom stereocenters. The topological polar surface area (TPSA) is 61.3 Å². The number of hydrogen-bond donors (Lipinski definition) is 0. The highest BCUT2D eigenvalue weighted by molar-refractivity contribution is 9.10. The van der Waals surface area contributed by atoms with E-state index in [0.29, 0.717) is 24.3 Å². The molecule has 0 aliphatic heterocycles. The van der Waals surface area contributed by atoms with Gasteiger partial charge in [0.1, 0.15) is 12.5 Å². The Balaban J connectivity index is 2.00. The predicted molar refractivity (Wildman–Crippen MR) is 85.7 cm³/mol. The standard InChI is InChI=1S/C16H15BrN2O3/c1-3-10-9-21-16(19-10)12-7-5-6-11(14(12)17)15-18-8-13(22-15)20-4-2/h5-9H,3-4H2,1-2H3. The SMILES string of the molecule is CCOc1cnc(-c2cccc(-c3nc(CC)co3)c2Br)o1. The number of ether oxygens (including phenoxy) is 1. The van der Waals surface area contributed by atoms with Crippen molar-refractivity contribution in [3.8, 4) is 28.9 Å². The maximum Gasteiger partial charge on any atom is 0.305 e. The molecule has 0 aliphatic carbocycles. The number of nitrogens with zero attached hydrogens (tertiary/aromatic N) is 2. The number of oxazole rings is 2. The van der Waals surface area contributed by atoms with Gasteiger partial charge >= 0.3 is 5.95 Å². The summed E-state index contributed by atoms with van der Waals surface area (Å²) in [6, 6.07) is 5.76. The van der Waals surface area contributed by atoms with Crippen LogP contribution >= 0.6 is 15.9 Å². The fraction of sp³-hybridized carbons (Fsp3) is 0.250. The average molecular weight is 363 g/mol. The van der Waals surface area contributed by atoms with Crippen molar-refractivity contribution >= 4 is 15.9 Å². The molecule has 114 valence electrons. The molecule has 0 saturated heterocycles. The van der Waals surface area contributed by atoms with Gasteiger partial charge in [-0.05, 0) is 41.4 Å². The molecule has 0 fully saturated rings. The number of rotatable bonds is 5. The van der Waals surface area contributed by atoms with Crippen LogP contribution in [0.4, 0.5) is 0 Å². The number of aromatic nitrogens is 2. The van der Waals surface area contributed by atoms with E-state index >= 15 is 0 Å². The van der Waals surface area contributed by atoms with Crippen molar-refractivity contribution in [2.24, 2.45) is 0 Å². The van der Waals surface area contributed by atoms with Crippen molar-refractivity contribution < 1.29 is 13.6 Å². The van der Waals surface area contributed by atoms with Gasteiger partial charge < -0.3 is 13.6 Å². The molecule has 2 heterocycles. The fourth-order valence-electron chi connectivity index (χ4n) is 2.05. The van der Waals surface area contributed by atoms with Crippen LogP contribution in [0.25, 0.3) is 22.9 Å². The molecule has 0 spiro atoms. The molecule has 1 aromatic carbocycles. The third kappa shape index (κ3) is 2.78. The smallest absolute Gasteiger partial charge is 0.305 e. The minimum Gasteiger partial charge on any atom is -0.464 e. The number of hydrogen-bond acceptors (Lipinski definition) is 5. The lowest BCUT2D eigenvalue weighted by molar-refractivity contribution is 0.260. The predicted octanol–water partition coefficient (Wildman–Crippen LogP) is 4.72. The van der Waals surface area contributed by atoms with Gasteiger partial charge in [0, 0.05) is 4.47 Å². The Labute approximate surface area is 136 Å². The van der Waals surface area contributed by atoms with Gasteiger partial charge in [-0.1, -0.05) is 13.0 Å². The van der Waals surface area contributed by atoms with E-state index in [1.807, 2.05) is 32.0 Å². The Bertz CT molecular complexity index is 779. The van der Waals surface area contributed by atoms with Crippen LogP contribution in [0, 0.1) is 0 Å². The molecule has 22 heavy (non-hydrogen) atoms. The lowest BCUT2D eigenvalue weighted by atomic mass is 10.1. The second-order valence-electron chi connectivity index (χ2n) is 4.58. The van der Waals surface area contributed by atoms with Crippen molar-refractivity contribution in [3.63, 3.8) is 0 Å². The quantitative estimate of drug-likeness (QED) is 0.656. The summed E-state index contributed by atoms with van der Waals surface area (Å²) in [5.41, 5.74) is 2.59. The van der Waals surface area contributed by atoms with Crippen molar-refractivity contribution in [2.45, 2.75) is 20.3 Å². The van der Waals surface area contributed by atoms with E-state index in [9.17, 15) is 0 Å². The van der Waals surface area contributed by atoms with Crippen LogP contribution < -0.4 is 4.74 Å². The Morgan fingerprint density at radius 1 is 1.18 bits per heavy atom. The molecule has 0 atom stereocenters. The normalized spacial score (nSPS) is 10.9.